The predicted octanol–water partition coefficient (Wildman–Crippen LogP) is 14.6. The van der Waals surface area contributed by atoms with Crippen molar-refractivity contribution < 1.29 is 49.0 Å². The summed E-state index contributed by atoms with van der Waals surface area (Å²) in [6.45, 7) is 5.44. The number of hydrogen-bond donors (Lipinski definition) is 4. The molecule has 0 saturated heterocycles. The first-order chi connectivity index (χ1) is 33.6. The first-order valence-corrected chi connectivity index (χ1v) is 28.7. The lowest BCUT2D eigenvalue weighted by atomic mass is 9.92. The first kappa shape index (κ1) is 66.5. The van der Waals surface area contributed by atoms with E-state index in [2.05, 4.69) is 57.2 Å². The number of carbonyl (C=O) groups excluding carboxylic acids is 3. The molecule has 0 fully saturated rings. The monoisotopic (exact) mass is 977 g/mol. The molecule has 0 aromatic rings. The number of allylic oxidation sites excluding steroid dienone is 3. The van der Waals surface area contributed by atoms with E-state index >= 15 is 0 Å². The van der Waals surface area contributed by atoms with Crippen LogP contribution in [0.4, 0.5) is 0 Å². The highest BCUT2D eigenvalue weighted by atomic mass is 16.6. The molecule has 0 rings (SSSR count). The van der Waals surface area contributed by atoms with Crippen LogP contribution in [0.3, 0.4) is 0 Å². The van der Waals surface area contributed by atoms with Crippen LogP contribution in [0.5, 0.6) is 0 Å². The summed E-state index contributed by atoms with van der Waals surface area (Å²) in [6, 6.07) is 0. The van der Waals surface area contributed by atoms with Gasteiger partial charge in [0, 0.05) is 19.3 Å². The van der Waals surface area contributed by atoms with Crippen molar-refractivity contribution in [2.24, 2.45) is 5.41 Å². The zero-order valence-electron chi connectivity index (χ0n) is 44.8. The minimum absolute atomic E-state index is 0.221. The third-order valence-electron chi connectivity index (χ3n) is 13.1. The van der Waals surface area contributed by atoms with E-state index in [-0.39, 0.29) is 57.4 Å². The van der Waals surface area contributed by atoms with E-state index in [0.29, 0.717) is 19.3 Å². The molecule has 0 aliphatic carbocycles. The minimum Gasteiger partial charge on any atom is -0.465 e. The van der Waals surface area contributed by atoms with Crippen molar-refractivity contribution in [3.63, 3.8) is 0 Å². The Morgan fingerprint density at radius 3 is 0.913 bits per heavy atom. The highest BCUT2D eigenvalue weighted by Crippen LogP contribution is 2.22. The summed E-state index contributed by atoms with van der Waals surface area (Å²) in [4.78, 5) is 38.5. The molecule has 404 valence electrons. The van der Waals surface area contributed by atoms with Gasteiger partial charge in [0.2, 0.25) is 0 Å². The Hall–Kier alpha value is -2.53. The van der Waals surface area contributed by atoms with Gasteiger partial charge in [-0.2, -0.15) is 0 Å². The van der Waals surface area contributed by atoms with E-state index in [0.717, 1.165) is 154 Å². The Kier molecular flexibility index (Phi) is 48.6. The summed E-state index contributed by atoms with van der Waals surface area (Å²) in [7, 11) is 0. The molecule has 0 amide bonds. The lowest BCUT2D eigenvalue weighted by molar-refractivity contribution is -0.165. The van der Waals surface area contributed by atoms with Crippen LogP contribution in [0.15, 0.2) is 36.5 Å². The molecule has 0 radical (unpaired) electrons. The summed E-state index contributed by atoms with van der Waals surface area (Å²) in [5.41, 5.74) is -1.25. The van der Waals surface area contributed by atoms with Crippen molar-refractivity contribution in [3.8, 4) is 0 Å². The second kappa shape index (κ2) is 50.4. The Bertz CT molecular complexity index is 1100. The van der Waals surface area contributed by atoms with E-state index in [4.69, 9.17) is 14.2 Å². The third kappa shape index (κ3) is 46.3. The highest BCUT2D eigenvalue weighted by molar-refractivity contribution is 5.70. The zero-order chi connectivity index (χ0) is 50.7. The Morgan fingerprint density at radius 2 is 0.638 bits per heavy atom. The van der Waals surface area contributed by atoms with Crippen LogP contribution in [0.1, 0.15) is 271 Å². The molecule has 3 atom stereocenters. The molecular weight excluding hydrogens is 869 g/mol. The number of ether oxygens (including phenoxy) is 3. The van der Waals surface area contributed by atoms with Gasteiger partial charge in [0.05, 0.1) is 30.3 Å². The van der Waals surface area contributed by atoms with Crippen molar-refractivity contribution >= 4 is 17.9 Å². The second-order valence-electron chi connectivity index (χ2n) is 20.2. The molecule has 69 heavy (non-hydrogen) atoms. The Labute approximate surface area is 423 Å². The summed E-state index contributed by atoms with van der Waals surface area (Å²) in [6.07, 6.45) is 48.8. The Morgan fingerprint density at radius 1 is 0.377 bits per heavy atom. The molecule has 0 aromatic heterocycles. The first-order valence-electron chi connectivity index (χ1n) is 28.7. The van der Waals surface area contributed by atoms with Crippen LogP contribution >= 0.6 is 0 Å². The molecule has 0 aliphatic heterocycles. The fraction of sp³-hybridized carbons (Fsp3) is 0.847. The highest BCUT2D eigenvalue weighted by Gasteiger charge is 2.35. The van der Waals surface area contributed by atoms with E-state index in [1.807, 2.05) is 0 Å². The number of unbranched alkanes of at least 4 members (excludes halogenated alkanes) is 24. The molecule has 0 aromatic carbocycles. The molecule has 0 saturated carbocycles. The number of carbonyl (C=O) groups is 3. The topological polar surface area (TPSA) is 160 Å². The largest absolute Gasteiger partial charge is 0.465 e. The van der Waals surface area contributed by atoms with Crippen LogP contribution in [-0.4, -0.2) is 83.1 Å². The average molecular weight is 978 g/mol. The lowest BCUT2D eigenvalue weighted by Crippen LogP contribution is -2.42. The number of hydrogen-bond acceptors (Lipinski definition) is 10. The fourth-order valence-electron chi connectivity index (χ4n) is 8.25. The van der Waals surface area contributed by atoms with Gasteiger partial charge >= 0.3 is 17.9 Å². The van der Waals surface area contributed by atoms with Gasteiger partial charge in [0.1, 0.15) is 19.8 Å². The van der Waals surface area contributed by atoms with Gasteiger partial charge in [0.25, 0.3) is 0 Å². The quantitative estimate of drug-likeness (QED) is 0.0200. The van der Waals surface area contributed by atoms with Gasteiger partial charge in [-0.1, -0.05) is 192 Å². The SMILES string of the molecule is CCCCCC[C@@H](O)CC=CCCCCCCCC(=O)OCC(CO)(COC(=O)CCCCCCCC=CC[C@H](O)CCCCCC)COC(=O)CCCCCCCC=CC[C@H](O)CCCCCC. The van der Waals surface area contributed by atoms with Crippen molar-refractivity contribution in [2.45, 2.75) is 289 Å². The fourth-order valence-corrected chi connectivity index (χ4v) is 8.25. The molecule has 0 aliphatic rings. The lowest BCUT2D eigenvalue weighted by Gasteiger charge is -2.30. The van der Waals surface area contributed by atoms with E-state index < -0.39 is 29.9 Å². The maximum Gasteiger partial charge on any atom is 0.305 e. The van der Waals surface area contributed by atoms with Crippen molar-refractivity contribution in [1.82, 2.24) is 0 Å². The normalized spacial score (nSPS) is 14.1. The molecule has 10 heteroatoms. The van der Waals surface area contributed by atoms with Gasteiger partial charge in [0.15, 0.2) is 0 Å². The zero-order valence-corrected chi connectivity index (χ0v) is 44.8. The number of aliphatic hydroxyl groups is 4. The van der Waals surface area contributed by atoms with Crippen molar-refractivity contribution in [1.29, 1.82) is 0 Å². The van der Waals surface area contributed by atoms with Crippen molar-refractivity contribution in [3.05, 3.63) is 36.5 Å². The molecular formula is C59H108O10. The van der Waals surface area contributed by atoms with Crippen LogP contribution in [-0.2, 0) is 28.6 Å². The molecule has 0 spiro atoms. The van der Waals surface area contributed by atoms with Crippen LogP contribution in [0.25, 0.3) is 0 Å². The van der Waals surface area contributed by atoms with Gasteiger partial charge in [-0.3, -0.25) is 14.4 Å². The second-order valence-corrected chi connectivity index (χ2v) is 20.2. The predicted molar refractivity (Wildman–Crippen MR) is 285 cm³/mol. The molecule has 10 nitrogen and oxygen atoms in total. The summed E-state index contributed by atoms with van der Waals surface area (Å²) >= 11 is 0. The number of aliphatic hydroxyl groups excluding tert-OH is 4. The van der Waals surface area contributed by atoms with Gasteiger partial charge in [-0.25, -0.2) is 0 Å². The summed E-state index contributed by atoms with van der Waals surface area (Å²) < 4.78 is 16.9. The Balaban J connectivity index is 4.73. The molecule has 0 bridgehead atoms. The third-order valence-corrected chi connectivity index (χ3v) is 13.1. The van der Waals surface area contributed by atoms with E-state index in [9.17, 15) is 34.8 Å². The molecule has 4 N–H and O–H groups in total. The van der Waals surface area contributed by atoms with Crippen LogP contribution in [0, 0.1) is 5.41 Å². The summed E-state index contributed by atoms with van der Waals surface area (Å²) in [5, 5.41) is 41.0. The number of rotatable bonds is 52. The maximum atomic E-state index is 12.8. The molecule has 0 heterocycles. The summed E-state index contributed by atoms with van der Waals surface area (Å²) in [5.74, 6) is -1.17. The maximum absolute atomic E-state index is 12.8. The van der Waals surface area contributed by atoms with Gasteiger partial charge in [-0.05, 0) is 96.3 Å². The molecule has 0 unspecified atom stereocenters. The smallest absolute Gasteiger partial charge is 0.305 e. The van der Waals surface area contributed by atoms with Crippen LogP contribution < -0.4 is 0 Å². The average Bonchev–Trinajstić information content (AvgIpc) is 3.34. The van der Waals surface area contributed by atoms with Gasteiger partial charge < -0.3 is 34.6 Å². The van der Waals surface area contributed by atoms with E-state index in [1.165, 1.54) is 57.8 Å². The number of esters is 3. The minimum atomic E-state index is -1.25. The standard InChI is InChI=1S/C59H108O10/c1-4-7-10-31-40-53(61)43-34-25-19-13-16-22-28-37-46-56(64)67-50-59(49-60,51-68-57(65)47-38-29-23-17-14-20-26-35-44-54(62)41-32-11-8-5-2)52-69-58(66)48-39-30-24-18-15-21-27-36-45-55(63)42-33-12-9-6-3/h25-27,34-36,53-55,60-63H,4-24,28-33,37-52H2,1-3H3/t53-,54-,55-,59?/m1/s1. The van der Waals surface area contributed by atoms with Gasteiger partial charge in [-0.15, -0.1) is 0 Å². The van der Waals surface area contributed by atoms with E-state index in [1.54, 1.807) is 0 Å². The van der Waals surface area contributed by atoms with Crippen molar-refractivity contribution in [2.75, 3.05) is 26.4 Å². The van der Waals surface area contributed by atoms with Crippen LogP contribution in [0.2, 0.25) is 0 Å².